The molecule has 1 saturated carbocycles. The zero-order valence-electron chi connectivity index (χ0n) is 13.5. The summed E-state index contributed by atoms with van der Waals surface area (Å²) in [4.78, 5) is 18.4. The molecule has 130 valence electrons. The molecule has 0 unspecified atom stereocenters. The summed E-state index contributed by atoms with van der Waals surface area (Å²) < 4.78 is 0. The van der Waals surface area contributed by atoms with Crippen molar-refractivity contribution in [2.75, 3.05) is 19.7 Å². The fourth-order valence-electron chi connectivity index (χ4n) is 4.39. The molecule has 2 aromatic rings. The molecule has 0 bridgehead atoms. The fraction of sp³-hybridized carbons (Fsp3) is 0.368. The minimum absolute atomic E-state index is 0.00214. The Balaban J connectivity index is 1.59. The van der Waals surface area contributed by atoms with E-state index in [1.807, 2.05) is 30.3 Å². The Morgan fingerprint density at radius 2 is 2.04 bits per heavy atom. The number of likely N-dealkylation sites (tertiary alicyclic amines) is 1. The number of aromatic nitrogens is 1. The van der Waals surface area contributed by atoms with Gasteiger partial charge in [-0.25, -0.2) is 4.98 Å². The molecule has 1 spiro atoms. The van der Waals surface area contributed by atoms with E-state index in [9.17, 15) is 15.0 Å². The second kappa shape index (κ2) is 6.09. The first-order valence-corrected chi connectivity index (χ1v) is 8.70. The molecule has 4 rings (SSSR count). The normalized spacial score (nSPS) is 30.7. The number of hydrogen-bond donors (Lipinski definition) is 2. The number of halogens is 1. The number of benzene rings is 1. The van der Waals surface area contributed by atoms with Gasteiger partial charge in [0.25, 0.3) is 5.91 Å². The third kappa shape index (κ3) is 2.54. The number of carbonyl (C=O) groups is 1. The standard InChI is InChI=1S/C19H19ClN2O3/c20-13-6-7-15(21-8-13)18(25)22-9-16(24)19(11-22)14(10-23)17(19)12-4-2-1-3-5-12/h1-8,14,16-17,23-24H,9-11H2/t14-,16-,17-,19-/m1/s1. The highest BCUT2D eigenvalue weighted by atomic mass is 35.5. The summed E-state index contributed by atoms with van der Waals surface area (Å²) in [6.45, 7) is 0.670. The number of β-amino-alcohol motifs (C(OH)–C–C–N with tert-alkyl or cyclic N) is 1. The molecule has 1 aromatic heterocycles. The van der Waals surface area contributed by atoms with Crippen molar-refractivity contribution in [1.82, 2.24) is 9.88 Å². The third-order valence-electron chi connectivity index (χ3n) is 5.63. The summed E-state index contributed by atoms with van der Waals surface area (Å²) in [5.74, 6) is -0.200. The largest absolute Gasteiger partial charge is 0.396 e. The van der Waals surface area contributed by atoms with Crippen molar-refractivity contribution >= 4 is 17.5 Å². The third-order valence-corrected chi connectivity index (χ3v) is 5.85. The van der Waals surface area contributed by atoms with Gasteiger partial charge in [0.15, 0.2) is 0 Å². The van der Waals surface area contributed by atoms with Crippen LogP contribution in [0.2, 0.25) is 5.02 Å². The molecule has 1 amide bonds. The molecule has 6 heteroatoms. The summed E-state index contributed by atoms with van der Waals surface area (Å²) in [5, 5.41) is 21.0. The van der Waals surface area contributed by atoms with Crippen LogP contribution in [0.4, 0.5) is 0 Å². The van der Waals surface area contributed by atoms with Crippen LogP contribution in [0.15, 0.2) is 48.7 Å². The minimum atomic E-state index is -0.661. The SMILES string of the molecule is O=C(c1ccc(Cl)cn1)N1C[C@@H](O)[C@@]2(C1)[C@H](CO)[C@H]2c1ccccc1. The van der Waals surface area contributed by atoms with E-state index in [0.717, 1.165) is 5.56 Å². The summed E-state index contributed by atoms with van der Waals surface area (Å²) in [7, 11) is 0. The van der Waals surface area contributed by atoms with Gasteiger partial charge in [0.2, 0.25) is 0 Å². The second-order valence-electron chi connectivity index (χ2n) is 6.85. The Bertz CT molecular complexity index is 783. The average Bonchev–Trinajstić information content (AvgIpc) is 3.17. The lowest BCUT2D eigenvalue weighted by atomic mass is 9.95. The lowest BCUT2D eigenvalue weighted by Gasteiger charge is -2.16. The smallest absolute Gasteiger partial charge is 0.272 e. The highest BCUT2D eigenvalue weighted by Gasteiger charge is 2.71. The van der Waals surface area contributed by atoms with Crippen LogP contribution in [-0.2, 0) is 0 Å². The first kappa shape index (κ1) is 16.5. The molecule has 1 aromatic carbocycles. The van der Waals surface area contributed by atoms with Gasteiger partial charge < -0.3 is 15.1 Å². The van der Waals surface area contributed by atoms with Crippen molar-refractivity contribution in [2.45, 2.75) is 12.0 Å². The average molecular weight is 359 g/mol. The maximum Gasteiger partial charge on any atom is 0.272 e. The van der Waals surface area contributed by atoms with Gasteiger partial charge in [0.1, 0.15) is 5.69 Å². The molecule has 1 aliphatic heterocycles. The number of pyridine rings is 1. The van der Waals surface area contributed by atoms with Crippen molar-refractivity contribution in [2.24, 2.45) is 11.3 Å². The van der Waals surface area contributed by atoms with Gasteiger partial charge in [-0.3, -0.25) is 4.79 Å². The highest BCUT2D eigenvalue weighted by Crippen LogP contribution is 2.68. The van der Waals surface area contributed by atoms with E-state index in [1.54, 1.807) is 17.0 Å². The predicted molar refractivity (Wildman–Crippen MR) is 93.3 cm³/mol. The number of aliphatic hydroxyl groups excluding tert-OH is 2. The number of carbonyl (C=O) groups excluding carboxylic acids is 1. The van der Waals surface area contributed by atoms with Gasteiger partial charge in [-0.05, 0) is 29.5 Å². The molecule has 5 nitrogen and oxygen atoms in total. The van der Waals surface area contributed by atoms with E-state index in [0.29, 0.717) is 17.3 Å². The maximum absolute atomic E-state index is 12.7. The molecule has 2 heterocycles. The molecular weight excluding hydrogens is 340 g/mol. The van der Waals surface area contributed by atoms with Gasteiger partial charge in [-0.2, -0.15) is 0 Å². The van der Waals surface area contributed by atoms with E-state index in [2.05, 4.69) is 4.98 Å². The van der Waals surface area contributed by atoms with Crippen molar-refractivity contribution in [1.29, 1.82) is 0 Å². The summed E-state index contributed by atoms with van der Waals surface area (Å²) in [5.41, 5.74) is 0.934. The quantitative estimate of drug-likeness (QED) is 0.879. The van der Waals surface area contributed by atoms with Crippen LogP contribution < -0.4 is 0 Å². The van der Waals surface area contributed by atoms with Gasteiger partial charge in [-0.1, -0.05) is 41.9 Å². The number of amides is 1. The number of rotatable bonds is 3. The van der Waals surface area contributed by atoms with Crippen molar-refractivity contribution in [3.05, 3.63) is 64.9 Å². The molecule has 4 atom stereocenters. The van der Waals surface area contributed by atoms with E-state index in [1.165, 1.54) is 6.20 Å². The highest BCUT2D eigenvalue weighted by molar-refractivity contribution is 6.30. The van der Waals surface area contributed by atoms with Gasteiger partial charge in [0.05, 0.1) is 11.1 Å². The van der Waals surface area contributed by atoms with E-state index < -0.39 is 11.5 Å². The van der Waals surface area contributed by atoms with E-state index in [4.69, 9.17) is 11.6 Å². The van der Waals surface area contributed by atoms with Crippen LogP contribution in [0.5, 0.6) is 0 Å². The molecule has 0 radical (unpaired) electrons. The predicted octanol–water partition coefficient (Wildman–Crippen LogP) is 1.94. The summed E-state index contributed by atoms with van der Waals surface area (Å²) in [6, 6.07) is 13.1. The number of aliphatic hydroxyl groups is 2. The van der Waals surface area contributed by atoms with Crippen molar-refractivity contribution in [3.63, 3.8) is 0 Å². The van der Waals surface area contributed by atoms with Crippen LogP contribution in [-0.4, -0.2) is 51.8 Å². The van der Waals surface area contributed by atoms with Crippen molar-refractivity contribution < 1.29 is 15.0 Å². The lowest BCUT2D eigenvalue weighted by molar-refractivity contribution is 0.0758. The number of hydrogen-bond acceptors (Lipinski definition) is 4. The Morgan fingerprint density at radius 3 is 2.68 bits per heavy atom. The van der Waals surface area contributed by atoms with Gasteiger partial charge >= 0.3 is 0 Å². The van der Waals surface area contributed by atoms with E-state index in [-0.39, 0.29) is 30.9 Å². The summed E-state index contributed by atoms with van der Waals surface area (Å²) in [6.07, 6.45) is 0.781. The molecule has 1 aliphatic carbocycles. The Kier molecular flexibility index (Phi) is 4.02. The zero-order chi connectivity index (χ0) is 17.6. The molecule has 2 N–H and O–H groups in total. The van der Waals surface area contributed by atoms with Crippen LogP contribution in [0.1, 0.15) is 22.0 Å². The Hall–Kier alpha value is -1.95. The van der Waals surface area contributed by atoms with E-state index >= 15 is 0 Å². The minimum Gasteiger partial charge on any atom is -0.396 e. The topological polar surface area (TPSA) is 73.7 Å². The number of nitrogens with zero attached hydrogens (tertiary/aromatic N) is 2. The second-order valence-corrected chi connectivity index (χ2v) is 7.29. The van der Waals surface area contributed by atoms with Gasteiger partial charge in [-0.15, -0.1) is 0 Å². The van der Waals surface area contributed by atoms with Crippen molar-refractivity contribution in [3.8, 4) is 0 Å². The molecule has 2 fully saturated rings. The first-order valence-electron chi connectivity index (χ1n) is 8.32. The van der Waals surface area contributed by atoms with Gasteiger partial charge in [0, 0.05) is 31.3 Å². The monoisotopic (exact) mass is 358 g/mol. The molecule has 1 saturated heterocycles. The lowest BCUT2D eigenvalue weighted by Crippen LogP contribution is -2.30. The van der Waals surface area contributed by atoms with Crippen LogP contribution in [0.3, 0.4) is 0 Å². The van der Waals surface area contributed by atoms with Crippen LogP contribution in [0.25, 0.3) is 0 Å². The fourth-order valence-corrected chi connectivity index (χ4v) is 4.50. The molecule has 2 aliphatic rings. The first-order chi connectivity index (χ1) is 12.1. The summed E-state index contributed by atoms with van der Waals surface area (Å²) >= 11 is 5.82. The molecular formula is C19H19ClN2O3. The van der Waals surface area contributed by atoms with Crippen LogP contribution in [0, 0.1) is 11.3 Å². The Labute approximate surface area is 150 Å². The Morgan fingerprint density at radius 1 is 1.28 bits per heavy atom. The van der Waals surface area contributed by atoms with Crippen LogP contribution >= 0.6 is 11.6 Å². The zero-order valence-corrected chi connectivity index (χ0v) is 14.3. The maximum atomic E-state index is 12.7. The molecule has 25 heavy (non-hydrogen) atoms.